The first-order valence-corrected chi connectivity index (χ1v) is 9.05. The molecule has 0 aromatic heterocycles. The van der Waals surface area contributed by atoms with Crippen molar-refractivity contribution in [3.05, 3.63) is 60.2 Å². The molecule has 0 N–H and O–H groups in total. The number of fused-ring (bicyclic) bond motifs is 2. The van der Waals surface area contributed by atoms with E-state index < -0.39 is 11.3 Å². The monoisotopic (exact) mass is 349 g/mol. The molecular formula is C21H19NO4. The first-order valence-electron chi connectivity index (χ1n) is 9.05. The third-order valence-electron chi connectivity index (χ3n) is 6.56. The highest BCUT2D eigenvalue weighted by Gasteiger charge is 2.87. The zero-order chi connectivity index (χ0) is 17.5. The van der Waals surface area contributed by atoms with Crippen LogP contribution >= 0.6 is 0 Å². The van der Waals surface area contributed by atoms with Gasteiger partial charge in [-0.3, -0.25) is 4.79 Å². The lowest BCUT2D eigenvalue weighted by Crippen LogP contribution is -2.47. The van der Waals surface area contributed by atoms with Gasteiger partial charge >= 0.3 is 5.97 Å². The summed E-state index contributed by atoms with van der Waals surface area (Å²) in [7, 11) is 1.47. The van der Waals surface area contributed by atoms with E-state index in [4.69, 9.17) is 14.2 Å². The molecule has 132 valence electrons. The van der Waals surface area contributed by atoms with Crippen LogP contribution in [0.25, 0.3) is 0 Å². The van der Waals surface area contributed by atoms with Gasteiger partial charge in [-0.25, -0.2) is 0 Å². The summed E-state index contributed by atoms with van der Waals surface area (Å²) >= 11 is 0. The number of ether oxygens (including phenoxy) is 3. The van der Waals surface area contributed by atoms with Gasteiger partial charge in [-0.2, -0.15) is 0 Å². The summed E-state index contributed by atoms with van der Waals surface area (Å²) in [5.41, 5.74) is 1.10. The molecule has 2 aromatic rings. The van der Waals surface area contributed by atoms with Gasteiger partial charge in [0, 0.05) is 23.6 Å². The summed E-state index contributed by atoms with van der Waals surface area (Å²) < 4.78 is 18.0. The van der Waals surface area contributed by atoms with Crippen LogP contribution in [-0.2, 0) is 14.3 Å². The Balaban J connectivity index is 1.51. The van der Waals surface area contributed by atoms with Crippen molar-refractivity contribution in [2.24, 2.45) is 5.92 Å². The smallest absolute Gasteiger partial charge is 0.314 e. The average Bonchev–Trinajstić information content (AvgIpc) is 3.03. The molecule has 2 bridgehead atoms. The fraction of sp³-hybridized carbons (Fsp3) is 0.381. The van der Waals surface area contributed by atoms with Crippen molar-refractivity contribution in [3.63, 3.8) is 0 Å². The molecule has 5 atom stereocenters. The number of hydrogen-bond donors (Lipinski definition) is 0. The summed E-state index contributed by atoms with van der Waals surface area (Å²) in [4.78, 5) is 15.2. The minimum Gasteiger partial charge on any atom is -0.490 e. The zero-order valence-electron chi connectivity index (χ0n) is 14.4. The van der Waals surface area contributed by atoms with E-state index in [1.165, 1.54) is 7.11 Å². The maximum absolute atomic E-state index is 12.9. The van der Waals surface area contributed by atoms with E-state index in [-0.39, 0.29) is 23.8 Å². The summed E-state index contributed by atoms with van der Waals surface area (Å²) in [5.74, 6) is 0.270. The topological polar surface area (TPSA) is 47.8 Å². The van der Waals surface area contributed by atoms with Crippen LogP contribution in [0.1, 0.15) is 17.9 Å². The number of rotatable bonds is 2. The molecule has 4 heterocycles. The normalized spacial score (nSPS) is 38.0. The van der Waals surface area contributed by atoms with E-state index in [0.29, 0.717) is 6.61 Å². The summed E-state index contributed by atoms with van der Waals surface area (Å²) in [6.45, 7) is 0.489. The molecule has 6 rings (SSSR count). The molecule has 4 aliphatic heterocycles. The summed E-state index contributed by atoms with van der Waals surface area (Å²) in [6.07, 6.45) is 0.869. The molecule has 2 aromatic carbocycles. The lowest BCUT2D eigenvalue weighted by atomic mass is 9.67. The highest BCUT2D eigenvalue weighted by molar-refractivity contribution is 5.82. The molecule has 0 amide bonds. The van der Waals surface area contributed by atoms with E-state index in [2.05, 4.69) is 23.1 Å². The molecule has 0 aliphatic carbocycles. The van der Waals surface area contributed by atoms with Gasteiger partial charge in [-0.15, -0.1) is 0 Å². The molecule has 0 radical (unpaired) electrons. The van der Waals surface area contributed by atoms with Crippen molar-refractivity contribution in [3.8, 4) is 5.75 Å². The summed E-state index contributed by atoms with van der Waals surface area (Å²) in [5, 5.41) is 0. The van der Waals surface area contributed by atoms with Crippen LogP contribution in [0.5, 0.6) is 5.75 Å². The summed E-state index contributed by atoms with van der Waals surface area (Å²) in [6, 6.07) is 18.4. The van der Waals surface area contributed by atoms with Gasteiger partial charge in [0.05, 0.1) is 13.2 Å². The van der Waals surface area contributed by atoms with Gasteiger partial charge in [0.2, 0.25) is 0 Å². The van der Waals surface area contributed by atoms with Crippen LogP contribution < -0.4 is 9.64 Å². The molecule has 0 saturated carbocycles. The molecule has 26 heavy (non-hydrogen) atoms. The molecule has 2 spiro atoms. The highest BCUT2D eigenvalue weighted by Crippen LogP contribution is 2.74. The fourth-order valence-electron chi connectivity index (χ4n) is 5.66. The van der Waals surface area contributed by atoms with E-state index >= 15 is 0 Å². The van der Waals surface area contributed by atoms with Crippen LogP contribution in [0, 0.1) is 5.92 Å². The average molecular weight is 349 g/mol. The Hall–Kier alpha value is -2.53. The number of para-hydroxylation sites is 2. The van der Waals surface area contributed by atoms with Crippen molar-refractivity contribution in [1.82, 2.24) is 0 Å². The zero-order valence-corrected chi connectivity index (χ0v) is 14.4. The van der Waals surface area contributed by atoms with E-state index in [0.717, 1.165) is 23.4 Å². The molecule has 4 aliphatic rings. The Morgan fingerprint density at radius 2 is 1.92 bits per heavy atom. The molecule has 5 nitrogen and oxygen atoms in total. The lowest BCUT2D eigenvalue weighted by Gasteiger charge is -2.39. The van der Waals surface area contributed by atoms with Gasteiger partial charge in [-0.1, -0.05) is 36.4 Å². The Bertz CT molecular complexity index is 915. The lowest BCUT2D eigenvalue weighted by molar-refractivity contribution is -0.148. The number of methoxy groups -OCH3 is 1. The first kappa shape index (κ1) is 14.6. The van der Waals surface area contributed by atoms with Gasteiger partial charge in [0.25, 0.3) is 0 Å². The Labute approximate surface area is 151 Å². The number of nitrogens with zero attached hydrogens (tertiary/aromatic N) is 1. The van der Waals surface area contributed by atoms with Crippen molar-refractivity contribution >= 4 is 11.7 Å². The molecular weight excluding hydrogens is 330 g/mol. The van der Waals surface area contributed by atoms with E-state index in [1.807, 2.05) is 36.4 Å². The van der Waals surface area contributed by atoms with Gasteiger partial charge in [0.15, 0.2) is 5.72 Å². The fourth-order valence-corrected chi connectivity index (χ4v) is 5.66. The van der Waals surface area contributed by atoms with Crippen LogP contribution in [-0.4, -0.2) is 37.1 Å². The van der Waals surface area contributed by atoms with Gasteiger partial charge < -0.3 is 19.1 Å². The predicted octanol–water partition coefficient (Wildman–Crippen LogP) is 2.71. The quantitative estimate of drug-likeness (QED) is 0.616. The second-order valence-corrected chi connectivity index (χ2v) is 7.65. The SMILES string of the molecule is COC(=O)[C@H]1[C@@H]2c3ccccc3OC[C@@]23C[C@H]2N(c4ccccc4)[C@]12O3. The molecule has 3 saturated heterocycles. The maximum atomic E-state index is 12.9. The molecule has 0 unspecified atom stereocenters. The number of benzene rings is 2. The van der Waals surface area contributed by atoms with Crippen molar-refractivity contribution in [1.29, 1.82) is 0 Å². The third-order valence-corrected chi connectivity index (χ3v) is 6.56. The highest BCUT2D eigenvalue weighted by atomic mass is 16.6. The first-order chi connectivity index (χ1) is 12.7. The van der Waals surface area contributed by atoms with Crippen molar-refractivity contribution < 1.29 is 19.0 Å². The number of carbonyl (C=O) groups is 1. The number of esters is 1. The second-order valence-electron chi connectivity index (χ2n) is 7.65. The van der Waals surface area contributed by atoms with Crippen LogP contribution in [0.15, 0.2) is 54.6 Å². The molecule has 5 heteroatoms. The second kappa shape index (κ2) is 4.60. The minimum absolute atomic E-state index is 0.0372. The Kier molecular flexibility index (Phi) is 2.58. The van der Waals surface area contributed by atoms with Crippen LogP contribution in [0.2, 0.25) is 0 Å². The largest absolute Gasteiger partial charge is 0.490 e. The number of hydrogen-bond acceptors (Lipinski definition) is 5. The Morgan fingerprint density at radius 1 is 1.15 bits per heavy atom. The van der Waals surface area contributed by atoms with Gasteiger partial charge in [-0.05, 0) is 18.2 Å². The number of carbonyl (C=O) groups excluding carboxylic acids is 1. The van der Waals surface area contributed by atoms with Crippen molar-refractivity contribution in [2.45, 2.75) is 29.7 Å². The van der Waals surface area contributed by atoms with E-state index in [9.17, 15) is 4.79 Å². The van der Waals surface area contributed by atoms with Crippen LogP contribution in [0.4, 0.5) is 5.69 Å². The number of anilines is 1. The van der Waals surface area contributed by atoms with Gasteiger partial charge in [0.1, 0.15) is 23.9 Å². The predicted molar refractivity (Wildman–Crippen MR) is 94.1 cm³/mol. The molecule has 3 fully saturated rings. The van der Waals surface area contributed by atoms with Crippen LogP contribution in [0.3, 0.4) is 0 Å². The van der Waals surface area contributed by atoms with Crippen molar-refractivity contribution in [2.75, 3.05) is 18.6 Å². The minimum atomic E-state index is -0.611. The van der Waals surface area contributed by atoms with E-state index in [1.54, 1.807) is 0 Å². The maximum Gasteiger partial charge on any atom is 0.314 e. The Morgan fingerprint density at radius 3 is 2.73 bits per heavy atom. The standard InChI is InChI=1S/C21H19NO4/c1-24-19(23)18-17-14-9-5-6-10-15(14)25-12-20(17)11-16-21(18,26-20)22(16)13-7-3-2-4-8-13/h2-10,16-18H,11-12H2,1H3/t16-,17+,18-,20+,21-,22?/m1/s1. The third kappa shape index (κ3) is 1.50.